The van der Waals surface area contributed by atoms with E-state index in [0.29, 0.717) is 12.0 Å². The molecule has 0 spiro atoms. The molecule has 4 N–H and O–H groups in total. The first-order valence-electron chi connectivity index (χ1n) is 29.5. The van der Waals surface area contributed by atoms with Crippen molar-refractivity contribution in [2.75, 3.05) is 13.2 Å². The molecule has 1 saturated heterocycles. The number of aliphatic hydroxyl groups is 2. The third kappa shape index (κ3) is 14.4. The predicted octanol–water partition coefficient (Wildman–Crippen LogP) is 10.3. The summed E-state index contributed by atoms with van der Waals surface area (Å²) < 4.78 is 37.2. The van der Waals surface area contributed by atoms with E-state index in [1.54, 1.807) is 99.6 Å². The van der Waals surface area contributed by atoms with E-state index in [1.807, 2.05) is 0 Å². The van der Waals surface area contributed by atoms with E-state index >= 15 is 9.59 Å². The smallest absolute Gasteiger partial charge is 0.408 e. The Bertz CT molecular complexity index is 2830. The maximum atomic E-state index is 15.8. The quantitative estimate of drug-likeness (QED) is 0.0253. The fraction of sp³-hybridized carbons (Fsp3) is 0.530. The number of fused-ring (bicyclic) bond motifs is 5. The van der Waals surface area contributed by atoms with Gasteiger partial charge in [-0.05, 0) is 93.3 Å². The summed E-state index contributed by atoms with van der Waals surface area (Å²) >= 11 is 0. The lowest BCUT2D eigenvalue weighted by molar-refractivity contribution is -0.346. The number of rotatable bonds is 26. The van der Waals surface area contributed by atoms with Crippen LogP contribution >= 0.6 is 0 Å². The van der Waals surface area contributed by atoms with E-state index in [2.05, 4.69) is 41.9 Å². The number of carbonyl (C=O) groups is 7. The number of hydrogen-bond acceptors (Lipinski definition) is 15. The minimum atomic E-state index is -2.46. The first-order valence-corrected chi connectivity index (χ1v) is 29.5. The molecule has 3 fully saturated rings. The van der Waals surface area contributed by atoms with Crippen molar-refractivity contribution >= 4 is 41.7 Å². The normalized spacial score (nSPS) is 26.9. The van der Waals surface area contributed by atoms with Crippen LogP contribution in [0.5, 0.6) is 0 Å². The molecule has 3 aromatic carbocycles. The minimum absolute atomic E-state index is 0.0223. The van der Waals surface area contributed by atoms with Gasteiger partial charge in [-0.1, -0.05) is 150 Å². The molecule has 1 aliphatic heterocycles. The highest BCUT2D eigenvalue weighted by molar-refractivity contribution is 5.96. The number of allylic oxidation sites excluding steroid dienone is 4. The van der Waals surface area contributed by atoms with Crippen molar-refractivity contribution in [3.05, 3.63) is 143 Å². The highest BCUT2D eigenvalue weighted by Crippen LogP contribution is 2.64. The second kappa shape index (κ2) is 28.6. The molecule has 3 aliphatic carbocycles. The Kier molecular flexibility index (Phi) is 21.9. The summed E-state index contributed by atoms with van der Waals surface area (Å²) in [5.41, 5.74) is -7.30. The number of unbranched alkanes of at least 4 members (excludes halogenated alkanes) is 9. The molecule has 11 atom stereocenters. The molecule has 3 aromatic rings. The second-order valence-electron chi connectivity index (χ2n) is 23.2. The number of hydrogen-bond donors (Lipinski definition) is 4. The van der Waals surface area contributed by atoms with Crippen LogP contribution in [0.3, 0.4) is 0 Å². The van der Waals surface area contributed by atoms with Gasteiger partial charge < -0.3 is 49.3 Å². The van der Waals surface area contributed by atoms with Crippen LogP contribution in [0.1, 0.15) is 171 Å². The zero-order chi connectivity index (χ0) is 60.0. The van der Waals surface area contributed by atoms with E-state index in [9.17, 15) is 34.2 Å². The van der Waals surface area contributed by atoms with Crippen LogP contribution in [0.25, 0.3) is 0 Å². The first kappa shape index (κ1) is 63.6. The third-order valence-electron chi connectivity index (χ3n) is 17.3. The van der Waals surface area contributed by atoms with Crippen molar-refractivity contribution in [1.82, 2.24) is 10.6 Å². The Morgan fingerprint density at radius 2 is 1.34 bits per heavy atom. The van der Waals surface area contributed by atoms with E-state index < -0.39 is 119 Å². The largest absolute Gasteiger partial charge is 0.455 e. The molecule has 2 amide bonds. The zero-order valence-corrected chi connectivity index (χ0v) is 49.1. The van der Waals surface area contributed by atoms with Gasteiger partial charge in [0.1, 0.15) is 30.0 Å². The van der Waals surface area contributed by atoms with Gasteiger partial charge in [0.15, 0.2) is 17.5 Å². The number of amides is 2. The summed E-state index contributed by atoms with van der Waals surface area (Å²) in [5.74, 6) is -6.91. The van der Waals surface area contributed by atoms with Gasteiger partial charge in [0.05, 0.1) is 29.6 Å². The molecular weight excluding hydrogens is 1060 g/mol. The average Bonchev–Trinajstić information content (AvgIpc) is 0.824. The van der Waals surface area contributed by atoms with Crippen LogP contribution in [-0.4, -0.2) is 113 Å². The van der Waals surface area contributed by atoms with Gasteiger partial charge in [-0.2, -0.15) is 0 Å². The Morgan fingerprint density at radius 1 is 0.747 bits per heavy atom. The summed E-state index contributed by atoms with van der Waals surface area (Å²) in [7, 11) is 0. The molecule has 1 heterocycles. The van der Waals surface area contributed by atoms with Crippen LogP contribution in [0, 0.1) is 16.7 Å². The zero-order valence-electron chi connectivity index (χ0n) is 49.1. The van der Waals surface area contributed by atoms with Gasteiger partial charge in [-0.3, -0.25) is 19.2 Å². The number of alkyl carbamates (subject to hydrolysis) is 1. The number of esters is 4. The van der Waals surface area contributed by atoms with E-state index in [1.165, 1.54) is 38.3 Å². The molecule has 448 valence electrons. The van der Waals surface area contributed by atoms with Gasteiger partial charge in [-0.15, -0.1) is 0 Å². The molecule has 2 bridgehead atoms. The maximum absolute atomic E-state index is 15.8. The van der Waals surface area contributed by atoms with Crippen molar-refractivity contribution in [3.63, 3.8) is 0 Å². The van der Waals surface area contributed by atoms with Gasteiger partial charge >= 0.3 is 30.0 Å². The molecule has 17 nitrogen and oxygen atoms in total. The molecule has 0 radical (unpaired) electrons. The Balaban J connectivity index is 1.21. The monoisotopic (exact) mass is 1140 g/mol. The van der Waals surface area contributed by atoms with Gasteiger partial charge in [0, 0.05) is 44.2 Å². The summed E-state index contributed by atoms with van der Waals surface area (Å²) in [6.45, 7) is 10.4. The SMILES string of the molecule is CCCCCC=CCC=CCCCCCCCCNC(=O)O[C@@H](C(=O)O[C@H]1C[C@@]2(O)[C@@H](OC(=O)c3ccccc3)[C@@H]3[C@]4(OC(C)=O)CO[C@@H]4C[C@H](O)[C@@]3(C)C(=O)[C@H](OC(C)=O)C(=C1C)C2(C)C)[C@@H](NC(=O)c1ccccc1)c1ccccc1. The van der Waals surface area contributed by atoms with E-state index in [-0.39, 0.29) is 41.8 Å². The van der Waals surface area contributed by atoms with Gasteiger partial charge in [-0.25, -0.2) is 14.4 Å². The van der Waals surface area contributed by atoms with Crippen LogP contribution in [0.4, 0.5) is 4.79 Å². The average molecular weight is 1150 g/mol. The van der Waals surface area contributed by atoms with E-state index in [0.717, 1.165) is 65.2 Å². The van der Waals surface area contributed by atoms with Crippen molar-refractivity contribution in [1.29, 1.82) is 0 Å². The molecule has 0 unspecified atom stereocenters. The molecule has 4 aliphatic rings. The molecule has 7 rings (SSSR count). The second-order valence-corrected chi connectivity index (χ2v) is 23.2. The number of ether oxygens (including phenoxy) is 6. The maximum Gasteiger partial charge on any atom is 0.408 e. The summed E-state index contributed by atoms with van der Waals surface area (Å²) in [4.78, 5) is 101. The Morgan fingerprint density at radius 3 is 1.93 bits per heavy atom. The topological polar surface area (TPSA) is 239 Å². The van der Waals surface area contributed by atoms with Crippen LogP contribution < -0.4 is 10.6 Å². The van der Waals surface area contributed by atoms with Crippen molar-refractivity contribution in [2.45, 2.75) is 192 Å². The minimum Gasteiger partial charge on any atom is -0.455 e. The number of carbonyl (C=O) groups excluding carboxylic acids is 7. The van der Waals surface area contributed by atoms with Crippen LogP contribution in [-0.2, 0) is 47.6 Å². The Labute approximate surface area is 487 Å². The van der Waals surface area contributed by atoms with Gasteiger partial charge in [0.2, 0.25) is 6.10 Å². The van der Waals surface area contributed by atoms with Crippen molar-refractivity contribution in [3.8, 4) is 0 Å². The lowest BCUT2D eigenvalue weighted by Gasteiger charge is -2.67. The number of Topliss-reactive ketones (excluding diaryl/α,β-unsaturated/α-hetero) is 1. The number of benzene rings is 3. The fourth-order valence-corrected chi connectivity index (χ4v) is 12.7. The molecule has 83 heavy (non-hydrogen) atoms. The fourth-order valence-electron chi connectivity index (χ4n) is 12.7. The lowest BCUT2D eigenvalue weighted by Crippen LogP contribution is -2.82. The molecule has 17 heteroatoms. The standard InChI is InChI=1S/C66H84N2O15/c1-8-9-10-11-12-13-14-15-16-17-18-19-20-21-22-32-39-67-62(76)81-55(53(46-33-26-23-27-34-46)68-59(73)47-35-28-24-29-36-47)61(75)80-49-41-66(77)58(82-60(74)48-37-30-25-31-38-48)56-64(7,50(71)40-51-65(56,42-78-51)83-45(4)70)57(72)54(79-44(3)69)52(43(49)2)63(66,5)6/h12-13,15-16,23-31,33-38,49-51,53-56,58,71,77H,8-11,14,17-22,32,39-42H2,1-7H3,(H,67,76)(H,68,73)/t49-,50-,51+,53-,54+,55+,56-,58-,64+,65-,66+/m0/s1. The first-order chi connectivity index (χ1) is 39.7. The van der Waals surface area contributed by atoms with Crippen LogP contribution in [0.15, 0.2) is 126 Å². The van der Waals surface area contributed by atoms with Crippen molar-refractivity contribution < 1.29 is 72.2 Å². The highest BCUT2D eigenvalue weighted by atomic mass is 16.6. The van der Waals surface area contributed by atoms with Gasteiger partial charge in [0.25, 0.3) is 5.91 Å². The highest BCUT2D eigenvalue weighted by Gasteiger charge is 2.78. The predicted molar refractivity (Wildman–Crippen MR) is 309 cm³/mol. The summed E-state index contributed by atoms with van der Waals surface area (Å²) in [6, 6.07) is 23.1. The lowest BCUT2D eigenvalue weighted by atomic mass is 9.44. The summed E-state index contributed by atoms with van der Waals surface area (Å²) in [6.07, 6.45) is 9.67. The molecular formula is C66H84N2O15. The van der Waals surface area contributed by atoms with E-state index in [4.69, 9.17) is 28.4 Å². The van der Waals surface area contributed by atoms with Crippen LogP contribution in [0.2, 0.25) is 0 Å². The molecule has 0 aromatic heterocycles. The third-order valence-corrected chi connectivity index (χ3v) is 17.3. The number of nitrogens with one attached hydrogen (secondary N) is 2. The Hall–Kier alpha value is -6.95. The summed E-state index contributed by atoms with van der Waals surface area (Å²) in [5, 5.41) is 32.0. The molecule has 2 saturated carbocycles. The number of aliphatic hydroxyl groups excluding tert-OH is 1. The van der Waals surface area contributed by atoms with Crippen molar-refractivity contribution in [2.24, 2.45) is 16.7 Å². The number of ketones is 1.